The van der Waals surface area contributed by atoms with Crippen molar-refractivity contribution in [1.82, 2.24) is 20.3 Å². The highest BCUT2D eigenvalue weighted by Crippen LogP contribution is 2.22. The molecule has 1 aromatic carbocycles. The van der Waals surface area contributed by atoms with E-state index >= 15 is 0 Å². The van der Waals surface area contributed by atoms with Gasteiger partial charge in [0.15, 0.2) is 9.66 Å². The van der Waals surface area contributed by atoms with Crippen molar-refractivity contribution in [2.45, 2.75) is 18.9 Å². The van der Waals surface area contributed by atoms with Crippen LogP contribution in [0.5, 0.6) is 0 Å². The fourth-order valence-electron chi connectivity index (χ4n) is 2.66. The Labute approximate surface area is 164 Å². The second-order valence-electron chi connectivity index (χ2n) is 6.28. The number of ether oxygens (including phenoxy) is 1. The topological polar surface area (TPSA) is 92.3 Å². The van der Waals surface area contributed by atoms with Crippen LogP contribution < -0.4 is 15.5 Å². The van der Waals surface area contributed by atoms with Crippen molar-refractivity contribution < 1.29 is 9.53 Å². The van der Waals surface area contributed by atoms with Gasteiger partial charge in [0, 0.05) is 53.0 Å². The molecule has 136 valence electrons. The molecule has 0 atom stereocenters. The Morgan fingerprint density at radius 2 is 1.85 bits per heavy atom. The number of amides is 2. The van der Waals surface area contributed by atoms with Crippen LogP contribution in [0.1, 0.15) is 12.8 Å². The van der Waals surface area contributed by atoms with Gasteiger partial charge < -0.3 is 20.3 Å². The number of morpholine rings is 1. The predicted molar refractivity (Wildman–Crippen MR) is 106 cm³/mol. The van der Waals surface area contributed by atoms with Gasteiger partial charge >= 0.3 is 6.03 Å². The first-order valence-corrected chi connectivity index (χ1v) is 9.67. The summed E-state index contributed by atoms with van der Waals surface area (Å²) >= 11 is 2.11. The third kappa shape index (κ3) is 4.39. The molecule has 0 unspecified atom stereocenters. The second-order valence-corrected chi connectivity index (χ2v) is 7.24. The molecule has 8 nitrogen and oxygen atoms in total. The largest absolute Gasteiger partial charge is 0.378 e. The standard InChI is InChI=1S/C17H19IN6O2/c18-15-21-14(22-16(23-15)24-7-9-26-10-8-24)11-1-3-12(4-2-11)19-17(25)20-13-5-6-13/h1-4,13H,5-10H2,(H2,19,20,25). The number of hydrogen-bond donors (Lipinski definition) is 2. The lowest BCUT2D eigenvalue weighted by Crippen LogP contribution is -2.37. The summed E-state index contributed by atoms with van der Waals surface area (Å²) in [6, 6.07) is 7.69. The highest BCUT2D eigenvalue weighted by atomic mass is 127. The van der Waals surface area contributed by atoms with Crippen molar-refractivity contribution >= 4 is 40.3 Å². The Hall–Kier alpha value is -2.01. The van der Waals surface area contributed by atoms with E-state index in [9.17, 15) is 4.79 Å². The zero-order valence-corrected chi connectivity index (χ0v) is 16.3. The van der Waals surface area contributed by atoms with Crippen molar-refractivity contribution in [1.29, 1.82) is 0 Å². The summed E-state index contributed by atoms with van der Waals surface area (Å²) in [7, 11) is 0. The zero-order chi connectivity index (χ0) is 17.9. The average molecular weight is 466 g/mol. The van der Waals surface area contributed by atoms with Gasteiger partial charge in [-0.25, -0.2) is 9.78 Å². The highest BCUT2D eigenvalue weighted by Gasteiger charge is 2.23. The van der Waals surface area contributed by atoms with Crippen LogP contribution in [0.4, 0.5) is 16.4 Å². The minimum atomic E-state index is -0.162. The van der Waals surface area contributed by atoms with Gasteiger partial charge in [0.25, 0.3) is 0 Å². The van der Waals surface area contributed by atoms with Crippen molar-refractivity contribution in [2.24, 2.45) is 0 Å². The van der Waals surface area contributed by atoms with E-state index in [-0.39, 0.29) is 6.03 Å². The van der Waals surface area contributed by atoms with E-state index in [1.807, 2.05) is 24.3 Å². The Kier molecular flexibility index (Phi) is 5.16. The third-order valence-corrected chi connectivity index (χ3v) is 4.69. The summed E-state index contributed by atoms with van der Waals surface area (Å²) in [4.78, 5) is 27.4. The van der Waals surface area contributed by atoms with Crippen LogP contribution in [-0.2, 0) is 4.74 Å². The third-order valence-electron chi connectivity index (χ3n) is 4.20. The summed E-state index contributed by atoms with van der Waals surface area (Å²) in [5.41, 5.74) is 1.62. The molecule has 1 aliphatic heterocycles. The number of benzene rings is 1. The Morgan fingerprint density at radius 3 is 2.54 bits per heavy atom. The molecular weight excluding hydrogens is 447 g/mol. The number of urea groups is 1. The van der Waals surface area contributed by atoms with Gasteiger partial charge in [0.2, 0.25) is 5.95 Å². The normalized spacial score (nSPS) is 17.0. The Bertz CT molecular complexity index is 790. The summed E-state index contributed by atoms with van der Waals surface area (Å²) in [6.45, 7) is 2.92. The van der Waals surface area contributed by atoms with Crippen LogP contribution in [0.15, 0.2) is 24.3 Å². The molecule has 2 amide bonds. The molecule has 0 radical (unpaired) electrons. The monoisotopic (exact) mass is 466 g/mol. The van der Waals surface area contributed by atoms with E-state index in [1.54, 1.807) is 0 Å². The maximum absolute atomic E-state index is 11.8. The molecule has 2 fully saturated rings. The minimum absolute atomic E-state index is 0.162. The summed E-state index contributed by atoms with van der Waals surface area (Å²) in [5.74, 6) is 1.30. The highest BCUT2D eigenvalue weighted by molar-refractivity contribution is 14.1. The number of carbonyl (C=O) groups excluding carboxylic acids is 1. The van der Waals surface area contributed by atoms with Gasteiger partial charge in [0.05, 0.1) is 13.2 Å². The first kappa shape index (κ1) is 17.4. The number of aromatic nitrogens is 3. The summed E-state index contributed by atoms with van der Waals surface area (Å²) < 4.78 is 6.04. The lowest BCUT2D eigenvalue weighted by Gasteiger charge is -2.26. The lowest BCUT2D eigenvalue weighted by atomic mass is 10.2. The quantitative estimate of drug-likeness (QED) is 0.672. The van der Waals surface area contributed by atoms with Gasteiger partial charge in [-0.2, -0.15) is 9.97 Å². The van der Waals surface area contributed by atoms with Crippen LogP contribution in [0.3, 0.4) is 0 Å². The first-order chi connectivity index (χ1) is 12.7. The number of carbonyl (C=O) groups is 1. The number of halogens is 1. The van der Waals surface area contributed by atoms with Crippen molar-refractivity contribution in [3.8, 4) is 11.4 Å². The fourth-order valence-corrected chi connectivity index (χ4v) is 3.10. The van der Waals surface area contributed by atoms with Gasteiger partial charge in [0.1, 0.15) is 0 Å². The molecule has 0 spiro atoms. The van der Waals surface area contributed by atoms with E-state index in [4.69, 9.17) is 4.74 Å². The first-order valence-electron chi connectivity index (χ1n) is 8.59. The second kappa shape index (κ2) is 7.70. The smallest absolute Gasteiger partial charge is 0.319 e. The number of hydrogen-bond acceptors (Lipinski definition) is 6. The van der Waals surface area contributed by atoms with Gasteiger partial charge in [-0.1, -0.05) is 0 Å². The molecule has 1 saturated carbocycles. The number of anilines is 2. The van der Waals surface area contributed by atoms with Crippen LogP contribution in [0, 0.1) is 3.83 Å². The molecule has 4 rings (SSSR count). The number of rotatable bonds is 4. The molecule has 1 aromatic heterocycles. The fraction of sp³-hybridized carbons (Fsp3) is 0.412. The molecule has 9 heteroatoms. The summed E-state index contributed by atoms with van der Waals surface area (Å²) in [6.07, 6.45) is 2.13. The van der Waals surface area contributed by atoms with E-state index < -0.39 is 0 Å². The SMILES string of the molecule is O=C(Nc1ccc(-c2nc(I)nc(N3CCOCC3)n2)cc1)NC1CC1. The van der Waals surface area contributed by atoms with Crippen LogP contribution in [0.2, 0.25) is 0 Å². The average Bonchev–Trinajstić information content (AvgIpc) is 3.46. The molecule has 2 aliphatic rings. The molecule has 26 heavy (non-hydrogen) atoms. The maximum atomic E-state index is 11.8. The molecule has 2 heterocycles. The van der Waals surface area contributed by atoms with Crippen LogP contribution in [-0.4, -0.2) is 53.3 Å². The van der Waals surface area contributed by atoms with E-state index in [0.717, 1.165) is 37.2 Å². The van der Waals surface area contributed by atoms with Gasteiger partial charge in [-0.05, 0) is 37.1 Å². The van der Waals surface area contributed by atoms with Crippen molar-refractivity contribution in [3.63, 3.8) is 0 Å². The Morgan fingerprint density at radius 1 is 1.12 bits per heavy atom. The summed E-state index contributed by atoms with van der Waals surface area (Å²) in [5, 5.41) is 5.74. The lowest BCUT2D eigenvalue weighted by molar-refractivity contribution is 0.122. The number of nitrogens with zero attached hydrogens (tertiary/aromatic N) is 4. The zero-order valence-electron chi connectivity index (χ0n) is 14.1. The minimum Gasteiger partial charge on any atom is -0.378 e. The van der Waals surface area contributed by atoms with Gasteiger partial charge in [-0.15, -0.1) is 0 Å². The molecule has 1 aliphatic carbocycles. The van der Waals surface area contributed by atoms with Gasteiger partial charge in [-0.3, -0.25) is 0 Å². The van der Waals surface area contributed by atoms with Crippen molar-refractivity contribution in [2.75, 3.05) is 36.5 Å². The molecule has 1 saturated heterocycles. The molecule has 0 bridgehead atoms. The molecule has 2 aromatic rings. The Balaban J connectivity index is 1.49. The maximum Gasteiger partial charge on any atom is 0.319 e. The van der Waals surface area contributed by atoms with Crippen LogP contribution in [0.25, 0.3) is 11.4 Å². The van der Waals surface area contributed by atoms with E-state index in [0.29, 0.717) is 34.9 Å². The van der Waals surface area contributed by atoms with Crippen LogP contribution >= 0.6 is 22.6 Å². The molecule has 2 N–H and O–H groups in total. The van der Waals surface area contributed by atoms with Crippen molar-refractivity contribution in [3.05, 3.63) is 28.1 Å². The van der Waals surface area contributed by atoms with E-state index in [1.165, 1.54) is 0 Å². The predicted octanol–water partition coefficient (Wildman–Crippen LogP) is 2.26. The molecular formula is C17H19IN6O2. The number of nitrogens with one attached hydrogen (secondary N) is 2. The van der Waals surface area contributed by atoms with E-state index in [2.05, 4.69) is 53.1 Å².